The molecule has 2 heterocycles. The third kappa shape index (κ3) is 5.23. The average molecular weight is 450 g/mol. The van der Waals surface area contributed by atoms with Crippen LogP contribution in [0.25, 0.3) is 0 Å². The number of aromatic nitrogens is 2. The second-order valence-corrected chi connectivity index (χ2v) is 8.01. The van der Waals surface area contributed by atoms with Crippen LogP contribution in [0, 0.1) is 0 Å². The summed E-state index contributed by atoms with van der Waals surface area (Å²) in [6, 6.07) is 14.7. The summed E-state index contributed by atoms with van der Waals surface area (Å²) >= 11 is 5.89. The number of anilines is 2. The maximum atomic E-state index is 12.9. The van der Waals surface area contributed by atoms with Crippen molar-refractivity contribution in [3.05, 3.63) is 82.9 Å². The van der Waals surface area contributed by atoms with Gasteiger partial charge in [-0.15, -0.1) is 0 Å². The van der Waals surface area contributed by atoms with Gasteiger partial charge in [0.25, 0.3) is 11.8 Å². The molecule has 1 aliphatic rings. The van der Waals surface area contributed by atoms with E-state index in [0.717, 1.165) is 24.3 Å². The maximum Gasteiger partial charge on any atom is 0.276 e. The fourth-order valence-electron chi connectivity index (χ4n) is 3.76. The fourth-order valence-corrected chi connectivity index (χ4v) is 3.88. The first-order valence-electron chi connectivity index (χ1n) is 10.6. The highest BCUT2D eigenvalue weighted by Crippen LogP contribution is 2.24. The summed E-state index contributed by atoms with van der Waals surface area (Å²) in [5.41, 5.74) is 2.65. The molecular weight excluding hydrogens is 426 g/mol. The first kappa shape index (κ1) is 21.8. The van der Waals surface area contributed by atoms with E-state index in [4.69, 9.17) is 11.6 Å². The lowest BCUT2D eigenvalue weighted by Crippen LogP contribution is -2.32. The molecular formula is C24H24ClN5O2. The van der Waals surface area contributed by atoms with Crippen LogP contribution < -0.4 is 15.5 Å². The number of piperidine rings is 1. The number of halogens is 1. The number of para-hydroxylation sites is 1. The van der Waals surface area contributed by atoms with Gasteiger partial charge in [0.05, 0.1) is 0 Å². The normalized spacial score (nSPS) is 13.5. The first-order valence-corrected chi connectivity index (χ1v) is 11.0. The van der Waals surface area contributed by atoms with Crippen LogP contribution in [-0.2, 0) is 6.54 Å². The standard InChI is InChI=1S/C24H24ClN5O2/c25-18-8-10-19(11-9-18)29-24(32)22-21(26-12-13-27-22)23(31)28-16-17-6-2-3-7-20(17)30-14-4-1-5-15-30/h2-3,6-13H,1,4-5,14-16H2,(H,28,31)(H,29,32). The molecule has 0 unspecified atom stereocenters. The van der Waals surface area contributed by atoms with Crippen LogP contribution in [0.5, 0.6) is 0 Å². The number of carbonyl (C=O) groups is 2. The number of nitrogens with one attached hydrogen (secondary N) is 2. The summed E-state index contributed by atoms with van der Waals surface area (Å²) in [5.74, 6) is -0.966. The Morgan fingerprint density at radius 3 is 2.25 bits per heavy atom. The number of hydrogen-bond acceptors (Lipinski definition) is 5. The van der Waals surface area contributed by atoms with E-state index >= 15 is 0 Å². The van der Waals surface area contributed by atoms with E-state index in [2.05, 4.69) is 31.6 Å². The molecule has 0 radical (unpaired) electrons. The van der Waals surface area contributed by atoms with Crippen molar-refractivity contribution >= 4 is 34.8 Å². The zero-order chi connectivity index (χ0) is 22.3. The van der Waals surface area contributed by atoms with Crippen molar-refractivity contribution in [3.63, 3.8) is 0 Å². The Morgan fingerprint density at radius 1 is 0.875 bits per heavy atom. The Balaban J connectivity index is 1.47. The zero-order valence-electron chi connectivity index (χ0n) is 17.6. The topological polar surface area (TPSA) is 87.2 Å². The van der Waals surface area contributed by atoms with Gasteiger partial charge in [-0.1, -0.05) is 29.8 Å². The summed E-state index contributed by atoms with van der Waals surface area (Å²) in [6.07, 6.45) is 6.39. The highest BCUT2D eigenvalue weighted by molar-refractivity contribution is 6.30. The van der Waals surface area contributed by atoms with Gasteiger partial charge in [-0.2, -0.15) is 0 Å². The van der Waals surface area contributed by atoms with Crippen molar-refractivity contribution in [2.45, 2.75) is 25.8 Å². The largest absolute Gasteiger partial charge is 0.371 e. The van der Waals surface area contributed by atoms with E-state index in [1.165, 1.54) is 31.7 Å². The van der Waals surface area contributed by atoms with Crippen molar-refractivity contribution in [3.8, 4) is 0 Å². The van der Waals surface area contributed by atoms with Crippen LogP contribution in [0.2, 0.25) is 5.02 Å². The molecule has 0 spiro atoms. The number of carbonyl (C=O) groups excluding carboxylic acids is 2. The van der Waals surface area contributed by atoms with E-state index in [1.807, 2.05) is 18.2 Å². The number of amides is 2. The first-order chi connectivity index (χ1) is 15.6. The van der Waals surface area contributed by atoms with Gasteiger partial charge in [-0.25, -0.2) is 9.97 Å². The second kappa shape index (κ2) is 10.2. The summed E-state index contributed by atoms with van der Waals surface area (Å²) in [5, 5.41) is 6.18. The van der Waals surface area contributed by atoms with Crippen molar-refractivity contribution in [2.75, 3.05) is 23.3 Å². The zero-order valence-corrected chi connectivity index (χ0v) is 18.3. The average Bonchev–Trinajstić information content (AvgIpc) is 2.84. The lowest BCUT2D eigenvalue weighted by molar-refractivity contribution is 0.0931. The molecule has 2 amide bonds. The SMILES string of the molecule is O=C(NCc1ccccc1N1CCCCC1)c1nccnc1C(=O)Nc1ccc(Cl)cc1. The smallest absolute Gasteiger partial charge is 0.276 e. The molecule has 2 aromatic carbocycles. The number of nitrogens with zero attached hydrogens (tertiary/aromatic N) is 3. The van der Waals surface area contributed by atoms with Crippen molar-refractivity contribution in [1.29, 1.82) is 0 Å². The maximum absolute atomic E-state index is 12.9. The molecule has 4 rings (SSSR count). The number of benzene rings is 2. The minimum atomic E-state index is -0.515. The van der Waals surface area contributed by atoms with Crippen molar-refractivity contribution in [2.24, 2.45) is 0 Å². The molecule has 32 heavy (non-hydrogen) atoms. The molecule has 0 aliphatic carbocycles. The third-order valence-electron chi connectivity index (χ3n) is 5.36. The lowest BCUT2D eigenvalue weighted by atomic mass is 10.1. The molecule has 3 aromatic rings. The predicted molar refractivity (Wildman–Crippen MR) is 125 cm³/mol. The monoisotopic (exact) mass is 449 g/mol. The molecule has 8 heteroatoms. The highest BCUT2D eigenvalue weighted by atomic mass is 35.5. The Kier molecular flexibility index (Phi) is 6.97. The Hall–Kier alpha value is -3.45. The van der Waals surface area contributed by atoms with Crippen LogP contribution in [0.3, 0.4) is 0 Å². The Morgan fingerprint density at radius 2 is 1.53 bits per heavy atom. The Labute approximate surface area is 191 Å². The van der Waals surface area contributed by atoms with E-state index < -0.39 is 11.8 Å². The number of hydrogen-bond donors (Lipinski definition) is 2. The molecule has 0 atom stereocenters. The summed E-state index contributed by atoms with van der Waals surface area (Å²) in [7, 11) is 0. The van der Waals surface area contributed by atoms with Crippen LogP contribution in [0.1, 0.15) is 45.8 Å². The quantitative estimate of drug-likeness (QED) is 0.585. The minimum absolute atomic E-state index is 0.0191. The summed E-state index contributed by atoms with van der Waals surface area (Å²) in [6.45, 7) is 2.37. The van der Waals surface area contributed by atoms with Crippen LogP contribution in [-0.4, -0.2) is 34.9 Å². The molecule has 1 aliphatic heterocycles. The van der Waals surface area contributed by atoms with Gasteiger partial charge in [-0.05, 0) is 55.2 Å². The van der Waals surface area contributed by atoms with E-state index in [0.29, 0.717) is 17.3 Å². The lowest BCUT2D eigenvalue weighted by Gasteiger charge is -2.30. The van der Waals surface area contributed by atoms with Gasteiger partial charge in [0.15, 0.2) is 11.4 Å². The Bertz CT molecular complexity index is 1100. The van der Waals surface area contributed by atoms with E-state index in [1.54, 1.807) is 24.3 Å². The highest BCUT2D eigenvalue weighted by Gasteiger charge is 2.21. The number of rotatable bonds is 6. The van der Waals surface area contributed by atoms with Gasteiger partial charge in [0.1, 0.15) is 0 Å². The molecule has 1 aromatic heterocycles. The predicted octanol–water partition coefficient (Wildman–Crippen LogP) is 4.30. The molecule has 0 bridgehead atoms. The molecule has 7 nitrogen and oxygen atoms in total. The van der Waals surface area contributed by atoms with Crippen LogP contribution in [0.15, 0.2) is 60.9 Å². The molecule has 1 saturated heterocycles. The third-order valence-corrected chi connectivity index (χ3v) is 5.61. The van der Waals surface area contributed by atoms with Crippen LogP contribution >= 0.6 is 11.6 Å². The summed E-state index contributed by atoms with van der Waals surface area (Å²) in [4.78, 5) is 36.2. The van der Waals surface area contributed by atoms with Crippen molar-refractivity contribution in [1.82, 2.24) is 15.3 Å². The van der Waals surface area contributed by atoms with E-state index in [-0.39, 0.29) is 11.4 Å². The van der Waals surface area contributed by atoms with Crippen molar-refractivity contribution < 1.29 is 9.59 Å². The second-order valence-electron chi connectivity index (χ2n) is 7.57. The van der Waals surface area contributed by atoms with Gasteiger partial charge >= 0.3 is 0 Å². The van der Waals surface area contributed by atoms with Gasteiger partial charge in [0.2, 0.25) is 0 Å². The fraction of sp³-hybridized carbons (Fsp3) is 0.250. The van der Waals surface area contributed by atoms with Gasteiger partial charge in [-0.3, -0.25) is 9.59 Å². The van der Waals surface area contributed by atoms with Gasteiger partial charge < -0.3 is 15.5 Å². The van der Waals surface area contributed by atoms with E-state index in [9.17, 15) is 9.59 Å². The molecule has 0 saturated carbocycles. The summed E-state index contributed by atoms with van der Waals surface area (Å²) < 4.78 is 0. The van der Waals surface area contributed by atoms with Gasteiger partial charge in [0, 0.05) is 48.4 Å². The molecule has 1 fully saturated rings. The molecule has 2 N–H and O–H groups in total. The minimum Gasteiger partial charge on any atom is -0.371 e. The van der Waals surface area contributed by atoms with Crippen LogP contribution in [0.4, 0.5) is 11.4 Å². The molecule has 164 valence electrons.